The maximum absolute atomic E-state index is 13.0. The van der Waals surface area contributed by atoms with Crippen LogP contribution in [0.2, 0.25) is 0 Å². The molecule has 1 aliphatic carbocycles. The molecule has 2 fully saturated rings. The Morgan fingerprint density at radius 2 is 1.81 bits per heavy atom. The van der Waals surface area contributed by atoms with E-state index in [0.717, 1.165) is 37.1 Å². The highest BCUT2D eigenvalue weighted by atomic mass is 32.2. The van der Waals surface area contributed by atoms with Gasteiger partial charge in [-0.2, -0.15) is 0 Å². The molecule has 27 heavy (non-hydrogen) atoms. The van der Waals surface area contributed by atoms with Crippen LogP contribution in [0.4, 0.5) is 5.69 Å². The van der Waals surface area contributed by atoms with Crippen LogP contribution >= 0.6 is 0 Å². The molecule has 4 rings (SSSR count). The predicted molar refractivity (Wildman–Crippen MR) is 108 cm³/mol. The van der Waals surface area contributed by atoms with Gasteiger partial charge < -0.3 is 4.90 Å². The predicted octanol–water partition coefficient (Wildman–Crippen LogP) is 2.70. The Kier molecular flexibility index (Phi) is 5.12. The maximum atomic E-state index is 13.0. The standard InChI is InChI=1S/C21H28N2O3S/c1-16-7-9-18(10-8-16)23-20-15-27(25,26)14-19(20)22(13-21(23)24)12-11-17-5-3-2-4-6-17/h5,7-10,19-20H,2-4,6,11-15H2,1H3/t19-,20+/m0/s1. The maximum Gasteiger partial charge on any atom is 0.241 e. The summed E-state index contributed by atoms with van der Waals surface area (Å²) >= 11 is 0. The van der Waals surface area contributed by atoms with E-state index in [1.807, 2.05) is 31.2 Å². The van der Waals surface area contributed by atoms with Crippen LogP contribution in [-0.4, -0.2) is 55.9 Å². The molecule has 2 aliphatic heterocycles. The molecule has 3 aliphatic rings. The number of carbonyl (C=O) groups is 1. The van der Waals surface area contributed by atoms with E-state index in [1.165, 1.54) is 18.4 Å². The van der Waals surface area contributed by atoms with Crippen molar-refractivity contribution in [3.63, 3.8) is 0 Å². The van der Waals surface area contributed by atoms with E-state index in [1.54, 1.807) is 4.90 Å². The number of nitrogens with zero attached hydrogens (tertiary/aromatic N) is 2. The topological polar surface area (TPSA) is 57.7 Å². The van der Waals surface area contributed by atoms with Crippen LogP contribution in [0.15, 0.2) is 35.9 Å². The third-order valence-corrected chi connectivity index (χ3v) is 7.82. The number of carbonyl (C=O) groups excluding carboxylic acids is 1. The largest absolute Gasteiger partial charge is 0.306 e. The SMILES string of the molecule is Cc1ccc(N2C(=O)CN(CCC3=CCCCC3)[C@H]3CS(=O)(=O)C[C@H]32)cc1. The molecule has 1 amide bonds. The Bertz CT molecular complexity index is 845. The third-order valence-electron chi connectivity index (χ3n) is 6.12. The molecule has 0 radical (unpaired) electrons. The van der Waals surface area contributed by atoms with E-state index in [-0.39, 0.29) is 29.5 Å². The van der Waals surface area contributed by atoms with E-state index in [2.05, 4.69) is 11.0 Å². The highest BCUT2D eigenvalue weighted by Gasteiger charge is 2.49. The summed E-state index contributed by atoms with van der Waals surface area (Å²) < 4.78 is 24.8. The molecule has 0 unspecified atom stereocenters. The second-order valence-electron chi connectivity index (χ2n) is 8.14. The number of aryl methyl sites for hydroxylation is 1. The van der Waals surface area contributed by atoms with Crippen molar-refractivity contribution >= 4 is 21.4 Å². The van der Waals surface area contributed by atoms with Gasteiger partial charge in [-0.3, -0.25) is 9.69 Å². The molecule has 2 heterocycles. The summed E-state index contributed by atoms with van der Waals surface area (Å²) in [4.78, 5) is 16.8. The summed E-state index contributed by atoms with van der Waals surface area (Å²) in [5, 5.41) is 0. The Morgan fingerprint density at radius 1 is 1.07 bits per heavy atom. The number of amides is 1. The van der Waals surface area contributed by atoms with Crippen LogP contribution in [0, 0.1) is 6.92 Å². The number of sulfone groups is 1. The molecule has 1 aromatic rings. The Balaban J connectivity index is 1.56. The zero-order chi connectivity index (χ0) is 19.0. The fourth-order valence-corrected chi connectivity index (χ4v) is 6.64. The Labute approximate surface area is 162 Å². The van der Waals surface area contributed by atoms with Gasteiger partial charge in [0.1, 0.15) is 0 Å². The van der Waals surface area contributed by atoms with Crippen LogP contribution in [0.25, 0.3) is 0 Å². The molecule has 6 heteroatoms. The number of benzene rings is 1. The third kappa shape index (κ3) is 3.97. The van der Waals surface area contributed by atoms with E-state index < -0.39 is 9.84 Å². The lowest BCUT2D eigenvalue weighted by atomic mass is 9.96. The molecule has 2 atom stereocenters. The fourth-order valence-electron chi connectivity index (χ4n) is 4.66. The van der Waals surface area contributed by atoms with E-state index in [9.17, 15) is 13.2 Å². The molecule has 0 bridgehead atoms. The zero-order valence-corrected chi connectivity index (χ0v) is 16.7. The van der Waals surface area contributed by atoms with Gasteiger partial charge in [-0.25, -0.2) is 8.42 Å². The summed E-state index contributed by atoms with van der Waals surface area (Å²) in [6.45, 7) is 3.08. The second-order valence-corrected chi connectivity index (χ2v) is 10.3. The number of rotatable bonds is 4. The van der Waals surface area contributed by atoms with Crippen molar-refractivity contribution in [3.8, 4) is 0 Å². The van der Waals surface area contributed by atoms with Gasteiger partial charge in [0.25, 0.3) is 0 Å². The zero-order valence-electron chi connectivity index (χ0n) is 15.9. The van der Waals surface area contributed by atoms with Crippen LogP contribution in [0.5, 0.6) is 0 Å². The van der Waals surface area contributed by atoms with Crippen molar-refractivity contribution in [3.05, 3.63) is 41.5 Å². The van der Waals surface area contributed by atoms with Crippen LogP contribution in [0.3, 0.4) is 0 Å². The quantitative estimate of drug-likeness (QED) is 0.744. The highest BCUT2D eigenvalue weighted by molar-refractivity contribution is 7.91. The first kappa shape index (κ1) is 18.7. The molecule has 2 saturated heterocycles. The average Bonchev–Trinajstić information content (AvgIpc) is 2.97. The van der Waals surface area contributed by atoms with Crippen LogP contribution < -0.4 is 4.90 Å². The molecular formula is C21H28N2O3S. The van der Waals surface area contributed by atoms with Gasteiger partial charge in [0.05, 0.1) is 24.1 Å². The minimum atomic E-state index is -3.13. The summed E-state index contributed by atoms with van der Waals surface area (Å²) in [6.07, 6.45) is 8.07. The first-order chi connectivity index (χ1) is 12.9. The lowest BCUT2D eigenvalue weighted by molar-refractivity contribution is -0.123. The van der Waals surface area contributed by atoms with Crippen molar-refractivity contribution in [1.29, 1.82) is 0 Å². The average molecular weight is 389 g/mol. The Morgan fingerprint density at radius 3 is 2.52 bits per heavy atom. The second kappa shape index (κ2) is 7.40. The van der Waals surface area contributed by atoms with Crippen molar-refractivity contribution < 1.29 is 13.2 Å². The van der Waals surface area contributed by atoms with E-state index in [4.69, 9.17) is 0 Å². The molecule has 0 aromatic heterocycles. The van der Waals surface area contributed by atoms with Gasteiger partial charge >= 0.3 is 0 Å². The fraction of sp³-hybridized carbons (Fsp3) is 0.571. The highest BCUT2D eigenvalue weighted by Crippen LogP contribution is 2.32. The van der Waals surface area contributed by atoms with Crippen molar-refractivity contribution in [1.82, 2.24) is 4.90 Å². The number of anilines is 1. The number of hydrogen-bond donors (Lipinski definition) is 0. The molecule has 1 aromatic carbocycles. The lowest BCUT2D eigenvalue weighted by Crippen LogP contribution is -2.62. The summed E-state index contributed by atoms with van der Waals surface area (Å²) in [5.74, 6) is 0.234. The van der Waals surface area contributed by atoms with E-state index >= 15 is 0 Å². The molecule has 0 spiro atoms. The van der Waals surface area contributed by atoms with Gasteiger partial charge in [0, 0.05) is 18.3 Å². The summed E-state index contributed by atoms with van der Waals surface area (Å²) in [7, 11) is -3.13. The van der Waals surface area contributed by atoms with Crippen molar-refractivity contribution in [2.24, 2.45) is 0 Å². The number of fused-ring (bicyclic) bond motifs is 1. The molecule has 5 nitrogen and oxygen atoms in total. The smallest absolute Gasteiger partial charge is 0.241 e. The van der Waals surface area contributed by atoms with Crippen molar-refractivity contribution in [2.45, 2.75) is 51.1 Å². The minimum absolute atomic E-state index is 0.00910. The molecule has 146 valence electrons. The monoisotopic (exact) mass is 388 g/mol. The van der Waals surface area contributed by atoms with Crippen LogP contribution in [0.1, 0.15) is 37.7 Å². The number of allylic oxidation sites excluding steroid dienone is 1. The number of piperazine rings is 1. The summed E-state index contributed by atoms with van der Waals surface area (Å²) in [6, 6.07) is 7.43. The Hall–Kier alpha value is -1.66. The van der Waals surface area contributed by atoms with Gasteiger partial charge in [-0.15, -0.1) is 0 Å². The van der Waals surface area contributed by atoms with Gasteiger partial charge in [0.2, 0.25) is 5.91 Å². The first-order valence-electron chi connectivity index (χ1n) is 9.94. The first-order valence-corrected chi connectivity index (χ1v) is 11.8. The minimum Gasteiger partial charge on any atom is -0.306 e. The van der Waals surface area contributed by atoms with Crippen molar-refractivity contribution in [2.75, 3.05) is 29.5 Å². The molecular weight excluding hydrogens is 360 g/mol. The molecule has 0 N–H and O–H groups in total. The van der Waals surface area contributed by atoms with Gasteiger partial charge in [-0.1, -0.05) is 29.3 Å². The van der Waals surface area contributed by atoms with Gasteiger partial charge in [-0.05, 0) is 51.2 Å². The molecule has 0 saturated carbocycles. The normalized spacial score (nSPS) is 28.1. The van der Waals surface area contributed by atoms with Crippen LogP contribution in [-0.2, 0) is 14.6 Å². The van der Waals surface area contributed by atoms with E-state index in [0.29, 0.717) is 6.54 Å². The summed E-state index contributed by atoms with van der Waals surface area (Å²) in [5.41, 5.74) is 3.40. The van der Waals surface area contributed by atoms with Gasteiger partial charge in [0.15, 0.2) is 9.84 Å². The number of hydrogen-bond acceptors (Lipinski definition) is 4. The lowest BCUT2D eigenvalue weighted by Gasteiger charge is -2.43.